The first-order valence-corrected chi connectivity index (χ1v) is 7.16. The standard InChI is InChI=1S/C16H25NO2/c1-5-12(4)17-16(18)15(7-3)19-14-10-8-13(6-2)9-11-14/h8-12,15H,5-7H2,1-4H3,(H,17,18). The van der Waals surface area contributed by atoms with E-state index >= 15 is 0 Å². The largest absolute Gasteiger partial charge is 0.481 e. The van der Waals surface area contributed by atoms with Gasteiger partial charge < -0.3 is 10.1 Å². The number of hydrogen-bond donors (Lipinski definition) is 1. The van der Waals surface area contributed by atoms with E-state index in [1.54, 1.807) is 0 Å². The van der Waals surface area contributed by atoms with Crippen molar-refractivity contribution in [1.29, 1.82) is 0 Å². The molecule has 3 nitrogen and oxygen atoms in total. The number of hydrogen-bond acceptors (Lipinski definition) is 2. The Kier molecular flexibility index (Phi) is 6.40. The average molecular weight is 263 g/mol. The smallest absolute Gasteiger partial charge is 0.261 e. The molecule has 0 saturated heterocycles. The van der Waals surface area contributed by atoms with Crippen LogP contribution in [0.1, 0.15) is 46.1 Å². The third kappa shape index (κ3) is 4.93. The van der Waals surface area contributed by atoms with Crippen molar-refractivity contribution in [3.8, 4) is 5.75 Å². The van der Waals surface area contributed by atoms with E-state index in [0.29, 0.717) is 6.42 Å². The van der Waals surface area contributed by atoms with Crippen molar-refractivity contribution < 1.29 is 9.53 Å². The number of rotatable bonds is 7. The fraction of sp³-hybridized carbons (Fsp3) is 0.562. The molecule has 2 atom stereocenters. The topological polar surface area (TPSA) is 38.3 Å². The second kappa shape index (κ2) is 7.82. The van der Waals surface area contributed by atoms with E-state index in [1.807, 2.05) is 38.1 Å². The molecule has 0 spiro atoms. The zero-order valence-electron chi connectivity index (χ0n) is 12.4. The highest BCUT2D eigenvalue weighted by molar-refractivity contribution is 5.81. The molecular formula is C16H25NO2. The molecule has 0 radical (unpaired) electrons. The highest BCUT2D eigenvalue weighted by Crippen LogP contribution is 2.15. The Labute approximate surface area is 116 Å². The molecule has 0 aromatic heterocycles. The number of benzene rings is 1. The van der Waals surface area contributed by atoms with Gasteiger partial charge in [-0.3, -0.25) is 4.79 Å². The van der Waals surface area contributed by atoms with Gasteiger partial charge in [0.05, 0.1) is 0 Å². The summed E-state index contributed by atoms with van der Waals surface area (Å²) in [5.74, 6) is 0.722. The highest BCUT2D eigenvalue weighted by Gasteiger charge is 2.19. The van der Waals surface area contributed by atoms with Crippen LogP contribution in [0, 0.1) is 0 Å². The van der Waals surface area contributed by atoms with Crippen LogP contribution in [0.2, 0.25) is 0 Å². The molecule has 0 aliphatic heterocycles. The van der Waals surface area contributed by atoms with Gasteiger partial charge in [-0.15, -0.1) is 0 Å². The number of ether oxygens (including phenoxy) is 1. The number of nitrogens with one attached hydrogen (secondary N) is 1. The number of aryl methyl sites for hydroxylation is 1. The number of carbonyl (C=O) groups is 1. The molecule has 1 N–H and O–H groups in total. The van der Waals surface area contributed by atoms with Gasteiger partial charge in [0.25, 0.3) is 5.91 Å². The highest BCUT2D eigenvalue weighted by atomic mass is 16.5. The van der Waals surface area contributed by atoms with Gasteiger partial charge in [0.2, 0.25) is 0 Å². The summed E-state index contributed by atoms with van der Waals surface area (Å²) in [6.07, 6.45) is 2.18. The molecule has 1 aromatic carbocycles. The third-order valence-corrected chi connectivity index (χ3v) is 3.27. The lowest BCUT2D eigenvalue weighted by Gasteiger charge is -2.20. The molecule has 106 valence electrons. The Morgan fingerprint density at radius 3 is 2.26 bits per heavy atom. The minimum atomic E-state index is -0.415. The SMILES string of the molecule is CCc1ccc(OC(CC)C(=O)NC(C)CC)cc1. The molecule has 1 rings (SSSR count). The van der Waals surface area contributed by atoms with Crippen molar-refractivity contribution >= 4 is 5.91 Å². The summed E-state index contributed by atoms with van der Waals surface area (Å²) in [6, 6.07) is 8.12. The predicted octanol–water partition coefficient (Wildman–Crippen LogP) is 3.32. The second-order valence-corrected chi connectivity index (χ2v) is 4.83. The van der Waals surface area contributed by atoms with Crippen LogP contribution in [-0.2, 0) is 11.2 Å². The van der Waals surface area contributed by atoms with Gasteiger partial charge in [-0.1, -0.05) is 32.9 Å². The average Bonchev–Trinajstić information content (AvgIpc) is 2.44. The van der Waals surface area contributed by atoms with Crippen LogP contribution >= 0.6 is 0 Å². The summed E-state index contributed by atoms with van der Waals surface area (Å²) in [6.45, 7) is 8.13. The minimum absolute atomic E-state index is 0.0311. The normalized spacial score (nSPS) is 13.7. The van der Waals surface area contributed by atoms with Gasteiger partial charge in [-0.05, 0) is 43.9 Å². The lowest BCUT2D eigenvalue weighted by molar-refractivity contribution is -0.128. The summed E-state index contributed by atoms with van der Waals surface area (Å²) >= 11 is 0. The summed E-state index contributed by atoms with van der Waals surface area (Å²) in [7, 11) is 0. The zero-order chi connectivity index (χ0) is 14.3. The van der Waals surface area contributed by atoms with Gasteiger partial charge in [-0.25, -0.2) is 0 Å². The fourth-order valence-electron chi connectivity index (χ4n) is 1.73. The van der Waals surface area contributed by atoms with Crippen LogP contribution in [0.5, 0.6) is 5.75 Å². The maximum Gasteiger partial charge on any atom is 0.261 e. The number of amides is 1. The van der Waals surface area contributed by atoms with E-state index < -0.39 is 6.10 Å². The van der Waals surface area contributed by atoms with Crippen molar-refractivity contribution in [3.05, 3.63) is 29.8 Å². The van der Waals surface area contributed by atoms with Crippen molar-refractivity contribution in [2.45, 2.75) is 59.1 Å². The van der Waals surface area contributed by atoms with E-state index in [0.717, 1.165) is 18.6 Å². The Balaban J connectivity index is 2.62. The van der Waals surface area contributed by atoms with Crippen LogP contribution in [0.3, 0.4) is 0 Å². The summed E-state index contributed by atoms with van der Waals surface area (Å²) in [4.78, 5) is 12.0. The lowest BCUT2D eigenvalue weighted by atomic mass is 10.1. The molecule has 0 bridgehead atoms. The van der Waals surface area contributed by atoms with Gasteiger partial charge in [-0.2, -0.15) is 0 Å². The Morgan fingerprint density at radius 2 is 1.79 bits per heavy atom. The van der Waals surface area contributed by atoms with Crippen molar-refractivity contribution in [2.75, 3.05) is 0 Å². The van der Waals surface area contributed by atoms with Crippen LogP contribution in [0.4, 0.5) is 0 Å². The Bertz CT molecular complexity index is 386. The van der Waals surface area contributed by atoms with Gasteiger partial charge in [0.15, 0.2) is 6.10 Å². The molecule has 0 aliphatic rings. The Morgan fingerprint density at radius 1 is 1.16 bits per heavy atom. The van der Waals surface area contributed by atoms with Gasteiger partial charge in [0, 0.05) is 6.04 Å². The van der Waals surface area contributed by atoms with Crippen LogP contribution in [0.25, 0.3) is 0 Å². The second-order valence-electron chi connectivity index (χ2n) is 4.83. The quantitative estimate of drug-likeness (QED) is 0.819. The van der Waals surface area contributed by atoms with Gasteiger partial charge in [0.1, 0.15) is 5.75 Å². The molecule has 2 unspecified atom stereocenters. The van der Waals surface area contributed by atoms with E-state index in [9.17, 15) is 4.79 Å². The minimum Gasteiger partial charge on any atom is -0.481 e. The predicted molar refractivity (Wildman–Crippen MR) is 78.4 cm³/mol. The molecule has 3 heteroatoms. The summed E-state index contributed by atoms with van der Waals surface area (Å²) in [5.41, 5.74) is 1.27. The summed E-state index contributed by atoms with van der Waals surface area (Å²) in [5, 5.41) is 2.96. The van der Waals surface area contributed by atoms with Crippen molar-refractivity contribution in [3.63, 3.8) is 0 Å². The molecule has 0 fully saturated rings. The lowest BCUT2D eigenvalue weighted by Crippen LogP contribution is -2.42. The molecule has 1 aromatic rings. The fourth-order valence-corrected chi connectivity index (χ4v) is 1.73. The molecule has 0 aliphatic carbocycles. The molecule has 1 amide bonds. The third-order valence-electron chi connectivity index (χ3n) is 3.27. The zero-order valence-corrected chi connectivity index (χ0v) is 12.4. The maximum absolute atomic E-state index is 12.0. The molecule has 19 heavy (non-hydrogen) atoms. The first-order chi connectivity index (χ1) is 9.10. The van der Waals surface area contributed by atoms with Crippen LogP contribution in [-0.4, -0.2) is 18.1 Å². The molecular weight excluding hydrogens is 238 g/mol. The van der Waals surface area contributed by atoms with E-state index in [2.05, 4.69) is 19.2 Å². The molecule has 0 heterocycles. The Hall–Kier alpha value is -1.51. The number of carbonyl (C=O) groups excluding carboxylic acids is 1. The van der Waals surface area contributed by atoms with Crippen molar-refractivity contribution in [2.24, 2.45) is 0 Å². The van der Waals surface area contributed by atoms with Crippen molar-refractivity contribution in [1.82, 2.24) is 5.32 Å². The van der Waals surface area contributed by atoms with Crippen LogP contribution < -0.4 is 10.1 Å². The van der Waals surface area contributed by atoms with E-state index in [1.165, 1.54) is 5.56 Å². The first-order valence-electron chi connectivity index (χ1n) is 7.16. The monoisotopic (exact) mass is 263 g/mol. The first kappa shape index (κ1) is 15.5. The maximum atomic E-state index is 12.0. The van der Waals surface area contributed by atoms with E-state index in [4.69, 9.17) is 4.74 Å². The summed E-state index contributed by atoms with van der Waals surface area (Å²) < 4.78 is 5.76. The molecule has 0 saturated carbocycles. The van der Waals surface area contributed by atoms with E-state index in [-0.39, 0.29) is 11.9 Å². The van der Waals surface area contributed by atoms with Gasteiger partial charge >= 0.3 is 0 Å². The van der Waals surface area contributed by atoms with Crippen LogP contribution in [0.15, 0.2) is 24.3 Å².